The molecule has 1 aromatic rings. The molecule has 0 aliphatic carbocycles. The molecule has 18 heavy (non-hydrogen) atoms. The van der Waals surface area contributed by atoms with Gasteiger partial charge in [-0.15, -0.1) is 0 Å². The number of nitrogens with one attached hydrogen (secondary N) is 1. The van der Waals surface area contributed by atoms with Gasteiger partial charge in [-0.1, -0.05) is 6.07 Å². The Morgan fingerprint density at radius 1 is 1.56 bits per heavy atom. The Kier molecular flexibility index (Phi) is 4.81. The average Bonchev–Trinajstić information content (AvgIpc) is 2.35. The number of nitriles is 1. The largest absolute Gasteiger partial charge is 0.446 e. The standard InChI is InChI=1S/C12H11FN2O3/c1-8(6-14)18-11(16)7-15-12(17)9-3-2-4-10(13)5-9/h2-5,8H,7H2,1H3,(H,15,17)/t8-/m1/s1. The SMILES string of the molecule is C[C@H](C#N)OC(=O)CNC(=O)c1cccc(F)c1. The first-order valence-corrected chi connectivity index (χ1v) is 5.16. The molecular weight excluding hydrogens is 239 g/mol. The van der Waals surface area contributed by atoms with Crippen LogP contribution < -0.4 is 5.32 Å². The van der Waals surface area contributed by atoms with E-state index in [4.69, 9.17) is 5.26 Å². The molecule has 0 spiro atoms. The van der Waals surface area contributed by atoms with Crippen LogP contribution in [0.2, 0.25) is 0 Å². The van der Waals surface area contributed by atoms with Crippen molar-refractivity contribution in [2.45, 2.75) is 13.0 Å². The number of halogens is 1. The number of nitrogens with zero attached hydrogens (tertiary/aromatic N) is 1. The van der Waals surface area contributed by atoms with Crippen LogP contribution in [0.4, 0.5) is 4.39 Å². The lowest BCUT2D eigenvalue weighted by Crippen LogP contribution is -2.31. The lowest BCUT2D eigenvalue weighted by molar-refractivity contribution is -0.144. The van der Waals surface area contributed by atoms with Gasteiger partial charge in [0.25, 0.3) is 5.91 Å². The minimum absolute atomic E-state index is 0.108. The Labute approximate surface area is 103 Å². The second-order valence-corrected chi connectivity index (χ2v) is 3.45. The quantitative estimate of drug-likeness (QED) is 0.809. The zero-order valence-corrected chi connectivity index (χ0v) is 9.64. The molecule has 5 nitrogen and oxygen atoms in total. The van der Waals surface area contributed by atoms with Crippen LogP contribution in [0.25, 0.3) is 0 Å². The number of esters is 1. The van der Waals surface area contributed by atoms with Gasteiger partial charge in [0.15, 0.2) is 6.10 Å². The van der Waals surface area contributed by atoms with Gasteiger partial charge in [0.05, 0.1) is 0 Å². The lowest BCUT2D eigenvalue weighted by Gasteiger charge is -2.07. The second kappa shape index (κ2) is 6.35. The first-order valence-electron chi connectivity index (χ1n) is 5.16. The summed E-state index contributed by atoms with van der Waals surface area (Å²) < 4.78 is 17.5. The van der Waals surface area contributed by atoms with Crippen LogP contribution >= 0.6 is 0 Å². The Morgan fingerprint density at radius 2 is 2.28 bits per heavy atom. The van der Waals surface area contributed by atoms with Crippen molar-refractivity contribution in [3.63, 3.8) is 0 Å². The number of rotatable bonds is 4. The molecule has 0 fully saturated rings. The monoisotopic (exact) mass is 250 g/mol. The molecule has 0 aliphatic rings. The fourth-order valence-electron chi connectivity index (χ4n) is 1.15. The third-order valence-electron chi connectivity index (χ3n) is 1.97. The Bertz CT molecular complexity index is 496. The predicted molar refractivity (Wildman–Crippen MR) is 59.9 cm³/mol. The first-order chi connectivity index (χ1) is 8.52. The molecule has 6 heteroatoms. The van der Waals surface area contributed by atoms with E-state index in [9.17, 15) is 14.0 Å². The van der Waals surface area contributed by atoms with E-state index in [2.05, 4.69) is 10.1 Å². The summed E-state index contributed by atoms with van der Waals surface area (Å²) >= 11 is 0. The molecule has 0 saturated heterocycles. The van der Waals surface area contributed by atoms with Crippen LogP contribution in [0.1, 0.15) is 17.3 Å². The first kappa shape index (κ1) is 13.6. The van der Waals surface area contributed by atoms with Crippen LogP contribution in [0.5, 0.6) is 0 Å². The lowest BCUT2D eigenvalue weighted by atomic mass is 10.2. The van der Waals surface area contributed by atoms with Crippen molar-refractivity contribution in [3.05, 3.63) is 35.6 Å². The minimum Gasteiger partial charge on any atom is -0.446 e. The molecule has 0 heterocycles. The Hall–Kier alpha value is -2.42. The number of ether oxygens (including phenoxy) is 1. The maximum Gasteiger partial charge on any atom is 0.326 e. The van der Waals surface area contributed by atoms with Crippen molar-refractivity contribution < 1.29 is 18.7 Å². The fourth-order valence-corrected chi connectivity index (χ4v) is 1.15. The number of carbonyl (C=O) groups is 2. The third-order valence-corrected chi connectivity index (χ3v) is 1.97. The normalized spacial score (nSPS) is 11.2. The van der Waals surface area contributed by atoms with Crippen molar-refractivity contribution in [1.82, 2.24) is 5.32 Å². The summed E-state index contributed by atoms with van der Waals surface area (Å²) in [6, 6.07) is 6.79. The van der Waals surface area contributed by atoms with E-state index in [0.29, 0.717) is 0 Å². The molecule has 1 amide bonds. The Morgan fingerprint density at radius 3 is 2.89 bits per heavy atom. The van der Waals surface area contributed by atoms with E-state index in [-0.39, 0.29) is 12.1 Å². The van der Waals surface area contributed by atoms with E-state index in [0.717, 1.165) is 6.07 Å². The summed E-state index contributed by atoms with van der Waals surface area (Å²) in [4.78, 5) is 22.7. The van der Waals surface area contributed by atoms with E-state index in [1.165, 1.54) is 25.1 Å². The number of hydrogen-bond acceptors (Lipinski definition) is 4. The second-order valence-electron chi connectivity index (χ2n) is 3.45. The van der Waals surface area contributed by atoms with Crippen LogP contribution in [-0.2, 0) is 9.53 Å². The van der Waals surface area contributed by atoms with Gasteiger partial charge < -0.3 is 10.1 Å². The zero-order valence-electron chi connectivity index (χ0n) is 9.64. The Balaban J connectivity index is 2.47. The van der Waals surface area contributed by atoms with Crippen molar-refractivity contribution in [1.29, 1.82) is 5.26 Å². The van der Waals surface area contributed by atoms with E-state index in [1.54, 1.807) is 6.07 Å². The van der Waals surface area contributed by atoms with E-state index in [1.807, 2.05) is 0 Å². The van der Waals surface area contributed by atoms with Gasteiger partial charge in [0.2, 0.25) is 0 Å². The number of carbonyl (C=O) groups excluding carboxylic acids is 2. The van der Waals surface area contributed by atoms with Crippen LogP contribution in [-0.4, -0.2) is 24.5 Å². The highest BCUT2D eigenvalue weighted by Gasteiger charge is 2.11. The highest BCUT2D eigenvalue weighted by molar-refractivity contribution is 5.95. The van der Waals surface area contributed by atoms with Crippen molar-refractivity contribution in [2.24, 2.45) is 0 Å². The maximum atomic E-state index is 12.8. The van der Waals surface area contributed by atoms with Crippen molar-refractivity contribution >= 4 is 11.9 Å². The maximum absolute atomic E-state index is 12.8. The molecule has 94 valence electrons. The summed E-state index contributed by atoms with van der Waals surface area (Å²) in [7, 11) is 0. The van der Waals surface area contributed by atoms with E-state index < -0.39 is 23.8 Å². The molecule has 0 aromatic heterocycles. The minimum atomic E-state index is -0.872. The topological polar surface area (TPSA) is 79.2 Å². The van der Waals surface area contributed by atoms with Gasteiger partial charge in [0, 0.05) is 5.56 Å². The number of amides is 1. The van der Waals surface area contributed by atoms with Crippen molar-refractivity contribution in [3.8, 4) is 6.07 Å². The van der Waals surface area contributed by atoms with Gasteiger partial charge in [-0.3, -0.25) is 9.59 Å². The summed E-state index contributed by atoms with van der Waals surface area (Å²) in [6.07, 6.45) is -0.872. The fraction of sp³-hybridized carbons (Fsp3) is 0.250. The van der Waals surface area contributed by atoms with Gasteiger partial charge in [-0.25, -0.2) is 4.39 Å². The summed E-state index contributed by atoms with van der Waals surface area (Å²) in [5.41, 5.74) is 0.108. The zero-order chi connectivity index (χ0) is 13.5. The van der Waals surface area contributed by atoms with E-state index >= 15 is 0 Å². The number of hydrogen-bond donors (Lipinski definition) is 1. The molecule has 0 aliphatic heterocycles. The van der Waals surface area contributed by atoms with Gasteiger partial charge in [-0.05, 0) is 25.1 Å². The van der Waals surface area contributed by atoms with Crippen molar-refractivity contribution in [2.75, 3.05) is 6.54 Å². The van der Waals surface area contributed by atoms with Gasteiger partial charge >= 0.3 is 5.97 Å². The third kappa shape index (κ3) is 4.22. The molecule has 1 atom stereocenters. The molecule has 1 aromatic carbocycles. The smallest absolute Gasteiger partial charge is 0.326 e. The van der Waals surface area contributed by atoms with Crippen LogP contribution in [0.15, 0.2) is 24.3 Å². The predicted octanol–water partition coefficient (Wildman–Crippen LogP) is 1.01. The molecule has 1 N–H and O–H groups in total. The average molecular weight is 250 g/mol. The molecule has 0 unspecified atom stereocenters. The molecule has 0 radical (unpaired) electrons. The molecule has 0 saturated carbocycles. The van der Waals surface area contributed by atoms with Gasteiger partial charge in [0.1, 0.15) is 18.4 Å². The summed E-state index contributed by atoms with van der Waals surface area (Å²) in [5.74, 6) is -1.85. The highest BCUT2D eigenvalue weighted by Crippen LogP contribution is 2.02. The van der Waals surface area contributed by atoms with Crippen LogP contribution in [0.3, 0.4) is 0 Å². The number of benzene rings is 1. The molecular formula is C12H11FN2O3. The summed E-state index contributed by atoms with van der Waals surface area (Å²) in [5, 5.41) is 10.7. The van der Waals surface area contributed by atoms with Crippen LogP contribution in [0, 0.1) is 17.1 Å². The highest BCUT2D eigenvalue weighted by atomic mass is 19.1. The van der Waals surface area contributed by atoms with Gasteiger partial charge in [-0.2, -0.15) is 5.26 Å². The molecule has 0 bridgehead atoms. The molecule has 1 rings (SSSR count). The summed E-state index contributed by atoms with van der Waals surface area (Å²) in [6.45, 7) is 1.04.